The summed E-state index contributed by atoms with van der Waals surface area (Å²) in [6.07, 6.45) is 4.04. The third-order valence-corrected chi connectivity index (χ3v) is 7.50. The lowest BCUT2D eigenvalue weighted by molar-refractivity contribution is -0.116. The fourth-order valence-corrected chi connectivity index (χ4v) is 5.86. The van der Waals surface area contributed by atoms with E-state index in [4.69, 9.17) is 5.11 Å². The number of benzene rings is 1. The number of carboxylic acid groups (broad SMARTS) is 1. The second kappa shape index (κ2) is 7.99. The van der Waals surface area contributed by atoms with Crippen molar-refractivity contribution >= 4 is 27.4 Å². The van der Waals surface area contributed by atoms with Crippen molar-refractivity contribution in [1.82, 2.24) is 0 Å². The molecular weight excluding hydrogens is 342 g/mol. The number of hydrogen-bond acceptors (Lipinski definition) is 4. The Morgan fingerprint density at radius 3 is 2.12 bits per heavy atom. The largest absolute Gasteiger partial charge is 0.478 e. The Morgan fingerprint density at radius 2 is 1.64 bits per heavy atom. The maximum Gasteiger partial charge on any atom is 0.335 e. The van der Waals surface area contributed by atoms with E-state index in [1.54, 1.807) is 13.8 Å². The van der Waals surface area contributed by atoms with Crippen molar-refractivity contribution < 1.29 is 23.1 Å². The third-order valence-electron chi connectivity index (χ3n) is 4.63. The van der Waals surface area contributed by atoms with Gasteiger partial charge in [-0.1, -0.05) is 33.1 Å². The Kier molecular flexibility index (Phi) is 6.21. The lowest BCUT2D eigenvalue weighted by Crippen LogP contribution is -2.44. The number of hydrogen-bond donors (Lipinski definition) is 2. The predicted octanol–water partition coefficient (Wildman–Crippen LogP) is 3.10. The van der Waals surface area contributed by atoms with Crippen molar-refractivity contribution in [2.75, 3.05) is 5.32 Å². The Hall–Kier alpha value is -1.89. The lowest BCUT2D eigenvalue weighted by Gasteiger charge is -2.28. The Bertz CT molecular complexity index is 718. The normalized spacial score (nSPS) is 17.2. The van der Waals surface area contributed by atoms with Gasteiger partial charge in [-0.05, 0) is 43.0 Å². The molecule has 0 heterocycles. The van der Waals surface area contributed by atoms with Crippen LogP contribution < -0.4 is 5.32 Å². The zero-order valence-corrected chi connectivity index (χ0v) is 15.4. The number of amides is 1. The predicted molar refractivity (Wildman–Crippen MR) is 96.4 cm³/mol. The van der Waals surface area contributed by atoms with Gasteiger partial charge in [-0.2, -0.15) is 0 Å². The number of anilines is 1. The van der Waals surface area contributed by atoms with E-state index < -0.39 is 32.2 Å². The van der Waals surface area contributed by atoms with E-state index in [0.29, 0.717) is 18.5 Å². The Labute approximate surface area is 148 Å². The van der Waals surface area contributed by atoms with Crippen molar-refractivity contribution in [3.8, 4) is 0 Å². The molecule has 1 aliphatic carbocycles. The molecule has 1 unspecified atom stereocenters. The minimum Gasteiger partial charge on any atom is -0.478 e. The van der Waals surface area contributed by atoms with E-state index in [0.717, 1.165) is 19.3 Å². The molecule has 2 N–H and O–H groups in total. The zero-order chi connectivity index (χ0) is 18.6. The average Bonchev–Trinajstić information content (AvgIpc) is 2.55. The first-order valence-electron chi connectivity index (χ1n) is 8.60. The monoisotopic (exact) mass is 367 g/mol. The van der Waals surface area contributed by atoms with Crippen LogP contribution in [0, 0.1) is 5.92 Å². The summed E-state index contributed by atoms with van der Waals surface area (Å²) in [5.74, 6) is -1.95. The van der Waals surface area contributed by atoms with E-state index in [1.165, 1.54) is 24.3 Å². The number of carboxylic acids is 1. The van der Waals surface area contributed by atoms with Crippen LogP contribution in [-0.4, -0.2) is 35.9 Å². The first kappa shape index (κ1) is 19.4. The molecule has 1 saturated carbocycles. The molecule has 0 spiro atoms. The third kappa shape index (κ3) is 4.60. The molecule has 0 radical (unpaired) electrons. The minimum atomic E-state index is -3.57. The molecule has 0 bridgehead atoms. The number of rotatable bonds is 6. The van der Waals surface area contributed by atoms with Gasteiger partial charge in [0.1, 0.15) is 5.25 Å². The highest BCUT2D eigenvalue weighted by Gasteiger charge is 2.41. The highest BCUT2D eigenvalue weighted by atomic mass is 32.2. The van der Waals surface area contributed by atoms with Crippen LogP contribution in [-0.2, 0) is 14.6 Å². The molecule has 0 aromatic heterocycles. The highest BCUT2D eigenvalue weighted by molar-refractivity contribution is 7.93. The highest BCUT2D eigenvalue weighted by Crippen LogP contribution is 2.29. The average molecular weight is 367 g/mol. The first-order chi connectivity index (χ1) is 11.7. The molecule has 6 nitrogen and oxygen atoms in total. The van der Waals surface area contributed by atoms with Gasteiger partial charge in [0, 0.05) is 5.69 Å². The number of sulfone groups is 1. The molecule has 1 atom stereocenters. The first-order valence-corrected chi connectivity index (χ1v) is 10.2. The molecule has 1 aliphatic rings. The molecule has 1 amide bonds. The van der Waals surface area contributed by atoms with Crippen LogP contribution in [0.3, 0.4) is 0 Å². The van der Waals surface area contributed by atoms with Gasteiger partial charge in [-0.15, -0.1) is 0 Å². The number of aromatic carboxylic acids is 1. The van der Waals surface area contributed by atoms with E-state index in [1.807, 2.05) is 0 Å². The van der Waals surface area contributed by atoms with Crippen LogP contribution in [0.5, 0.6) is 0 Å². The molecule has 0 aliphatic heterocycles. The Balaban J connectivity index is 2.18. The van der Waals surface area contributed by atoms with Gasteiger partial charge in [-0.25, -0.2) is 13.2 Å². The molecule has 1 aromatic rings. The summed E-state index contributed by atoms with van der Waals surface area (Å²) < 4.78 is 25.9. The van der Waals surface area contributed by atoms with Gasteiger partial charge >= 0.3 is 5.97 Å². The summed E-state index contributed by atoms with van der Waals surface area (Å²) in [5.41, 5.74) is 0.493. The summed E-state index contributed by atoms with van der Waals surface area (Å²) >= 11 is 0. The minimum absolute atomic E-state index is 0.105. The van der Waals surface area contributed by atoms with E-state index in [9.17, 15) is 18.0 Å². The molecule has 138 valence electrons. The zero-order valence-electron chi connectivity index (χ0n) is 14.6. The standard InChI is InChI=1S/C18H25NO5S/c1-12(2)16(25(23,24)15-6-4-3-5-7-15)17(20)19-14-10-8-13(9-11-14)18(21)22/h8-12,15-16H,3-7H2,1-2H3,(H,19,20)(H,21,22). The van der Waals surface area contributed by atoms with Crippen LogP contribution in [0.1, 0.15) is 56.3 Å². The number of carbonyl (C=O) groups is 2. The van der Waals surface area contributed by atoms with Crippen LogP contribution in [0.4, 0.5) is 5.69 Å². The SMILES string of the molecule is CC(C)C(C(=O)Nc1ccc(C(=O)O)cc1)S(=O)(=O)C1CCCCC1. The fourth-order valence-electron chi connectivity index (χ4n) is 3.34. The fraction of sp³-hybridized carbons (Fsp3) is 0.556. The molecule has 7 heteroatoms. The van der Waals surface area contributed by atoms with Crippen LogP contribution in [0.2, 0.25) is 0 Å². The van der Waals surface area contributed by atoms with Crippen molar-refractivity contribution in [1.29, 1.82) is 0 Å². The molecule has 0 saturated heterocycles. The van der Waals surface area contributed by atoms with Crippen molar-refractivity contribution in [2.45, 2.75) is 56.5 Å². The van der Waals surface area contributed by atoms with E-state index in [2.05, 4.69) is 5.32 Å². The lowest BCUT2D eigenvalue weighted by atomic mass is 10.0. The van der Waals surface area contributed by atoms with Crippen molar-refractivity contribution in [2.24, 2.45) is 5.92 Å². The topological polar surface area (TPSA) is 101 Å². The van der Waals surface area contributed by atoms with Crippen molar-refractivity contribution in [3.05, 3.63) is 29.8 Å². The van der Waals surface area contributed by atoms with Gasteiger partial charge < -0.3 is 10.4 Å². The van der Waals surface area contributed by atoms with E-state index in [-0.39, 0.29) is 11.5 Å². The number of carbonyl (C=O) groups excluding carboxylic acids is 1. The molecule has 2 rings (SSSR count). The van der Waals surface area contributed by atoms with Crippen LogP contribution in [0.15, 0.2) is 24.3 Å². The maximum absolute atomic E-state index is 13.0. The summed E-state index contributed by atoms with van der Waals surface area (Å²) in [5, 5.41) is 9.97. The summed E-state index contributed by atoms with van der Waals surface area (Å²) in [6, 6.07) is 5.67. The van der Waals surface area contributed by atoms with Gasteiger partial charge in [0.2, 0.25) is 5.91 Å². The van der Waals surface area contributed by atoms with Crippen LogP contribution >= 0.6 is 0 Å². The summed E-state index contributed by atoms with van der Waals surface area (Å²) in [7, 11) is -3.57. The summed E-state index contributed by atoms with van der Waals surface area (Å²) in [6.45, 7) is 3.47. The second-order valence-corrected chi connectivity index (χ2v) is 9.24. The van der Waals surface area contributed by atoms with Crippen LogP contribution in [0.25, 0.3) is 0 Å². The summed E-state index contributed by atoms with van der Waals surface area (Å²) in [4.78, 5) is 23.5. The second-order valence-electron chi connectivity index (χ2n) is 6.89. The van der Waals surface area contributed by atoms with Gasteiger partial charge in [0.15, 0.2) is 9.84 Å². The molecule has 1 aromatic carbocycles. The molecule has 25 heavy (non-hydrogen) atoms. The van der Waals surface area contributed by atoms with Gasteiger partial charge in [-0.3, -0.25) is 4.79 Å². The molecule has 1 fully saturated rings. The smallest absolute Gasteiger partial charge is 0.335 e. The van der Waals surface area contributed by atoms with Gasteiger partial charge in [0.05, 0.1) is 10.8 Å². The quantitative estimate of drug-likeness (QED) is 0.805. The van der Waals surface area contributed by atoms with Gasteiger partial charge in [0.25, 0.3) is 0 Å². The van der Waals surface area contributed by atoms with Crippen molar-refractivity contribution in [3.63, 3.8) is 0 Å². The Morgan fingerprint density at radius 1 is 1.08 bits per heavy atom. The van der Waals surface area contributed by atoms with E-state index >= 15 is 0 Å². The maximum atomic E-state index is 13.0. The molecular formula is C18H25NO5S. The number of nitrogens with one attached hydrogen (secondary N) is 1.